The van der Waals surface area contributed by atoms with E-state index in [9.17, 15) is 32.3 Å². The van der Waals surface area contributed by atoms with E-state index < -0.39 is 35.4 Å². The number of hydrogen-bond donors (Lipinski definition) is 2. The summed E-state index contributed by atoms with van der Waals surface area (Å²) < 4.78 is 39.0. The van der Waals surface area contributed by atoms with Crippen LogP contribution in [-0.2, 0) is 15.8 Å². The van der Waals surface area contributed by atoms with Crippen LogP contribution >= 0.6 is 0 Å². The number of nitrogens with zero attached hydrogens (tertiary/aromatic N) is 1. The van der Waals surface area contributed by atoms with Crippen LogP contribution in [0.15, 0.2) is 42.5 Å². The van der Waals surface area contributed by atoms with Gasteiger partial charge in [0.05, 0.1) is 28.1 Å². The van der Waals surface area contributed by atoms with Crippen molar-refractivity contribution in [3.8, 4) is 0 Å². The Kier molecular flexibility index (Phi) is 6.09. The number of carbonyl (C=O) groups is 4. The van der Waals surface area contributed by atoms with Gasteiger partial charge in [0.1, 0.15) is 0 Å². The second-order valence-corrected chi connectivity index (χ2v) is 6.90. The van der Waals surface area contributed by atoms with E-state index >= 15 is 0 Å². The number of nitrogens with one attached hydrogen (secondary N) is 2. The molecule has 0 saturated heterocycles. The number of fused-ring (bicyclic) bond motifs is 1. The fourth-order valence-corrected chi connectivity index (χ4v) is 3.18. The van der Waals surface area contributed by atoms with Crippen molar-refractivity contribution in [1.29, 1.82) is 0 Å². The van der Waals surface area contributed by atoms with Crippen LogP contribution in [0.2, 0.25) is 0 Å². The number of anilines is 2. The summed E-state index contributed by atoms with van der Waals surface area (Å²) in [5.74, 6) is -2.04. The minimum atomic E-state index is -4.63. The summed E-state index contributed by atoms with van der Waals surface area (Å²) in [7, 11) is 0. The molecular weight excluding hydrogens is 415 g/mol. The van der Waals surface area contributed by atoms with Crippen molar-refractivity contribution in [2.45, 2.75) is 25.9 Å². The second kappa shape index (κ2) is 8.58. The van der Waals surface area contributed by atoms with Crippen LogP contribution in [0.4, 0.5) is 24.5 Å². The molecule has 0 aromatic heterocycles. The zero-order chi connectivity index (χ0) is 22.8. The van der Waals surface area contributed by atoms with E-state index in [1.165, 1.54) is 6.92 Å². The predicted molar refractivity (Wildman–Crippen MR) is 105 cm³/mol. The third-order valence-electron chi connectivity index (χ3n) is 4.60. The van der Waals surface area contributed by atoms with E-state index in [2.05, 4.69) is 10.6 Å². The van der Waals surface area contributed by atoms with Crippen molar-refractivity contribution in [1.82, 2.24) is 4.90 Å². The Bertz CT molecular complexity index is 1030. The number of amides is 4. The van der Waals surface area contributed by atoms with Crippen molar-refractivity contribution >= 4 is 35.0 Å². The van der Waals surface area contributed by atoms with Gasteiger partial charge in [-0.05, 0) is 36.8 Å². The highest BCUT2D eigenvalue weighted by Gasteiger charge is 2.34. The third kappa shape index (κ3) is 4.90. The van der Waals surface area contributed by atoms with E-state index in [-0.39, 0.29) is 30.8 Å². The van der Waals surface area contributed by atoms with Crippen molar-refractivity contribution in [3.63, 3.8) is 0 Å². The molecule has 1 heterocycles. The first-order valence-corrected chi connectivity index (χ1v) is 9.32. The van der Waals surface area contributed by atoms with Gasteiger partial charge in [0.2, 0.25) is 11.8 Å². The van der Waals surface area contributed by atoms with Crippen LogP contribution in [0.5, 0.6) is 0 Å². The first kappa shape index (κ1) is 22.0. The molecule has 0 fully saturated rings. The zero-order valence-corrected chi connectivity index (χ0v) is 16.4. The molecule has 0 spiro atoms. The minimum absolute atomic E-state index is 0.0130. The fourth-order valence-electron chi connectivity index (χ4n) is 3.18. The van der Waals surface area contributed by atoms with Gasteiger partial charge in [0.15, 0.2) is 0 Å². The Labute approximate surface area is 175 Å². The summed E-state index contributed by atoms with van der Waals surface area (Å²) in [6.45, 7) is 1.17. The highest BCUT2D eigenvalue weighted by atomic mass is 19.4. The molecule has 3 rings (SSSR count). The molecule has 0 aliphatic carbocycles. The van der Waals surface area contributed by atoms with Crippen molar-refractivity contribution in [2.24, 2.45) is 0 Å². The van der Waals surface area contributed by atoms with E-state index in [0.717, 1.165) is 23.1 Å². The Morgan fingerprint density at radius 3 is 2.10 bits per heavy atom. The zero-order valence-electron chi connectivity index (χ0n) is 16.4. The molecule has 0 saturated carbocycles. The fraction of sp³-hybridized carbons (Fsp3) is 0.238. The average molecular weight is 433 g/mol. The second-order valence-electron chi connectivity index (χ2n) is 6.90. The molecule has 10 heteroatoms. The van der Waals surface area contributed by atoms with E-state index in [1.54, 1.807) is 24.3 Å². The standard InChI is InChI=1S/C21H18F3N3O4/c1-12(28)25-16-9-8-13(21(22,23)24)11-17(16)26-18(29)7-4-10-27-19(30)14-5-2-3-6-15(14)20(27)31/h2-3,5-6,8-9,11H,4,7,10H2,1H3,(H,25,28)(H,26,29). The van der Waals surface area contributed by atoms with E-state index in [4.69, 9.17) is 0 Å². The molecular formula is C21H18F3N3O4. The van der Waals surface area contributed by atoms with E-state index in [0.29, 0.717) is 11.1 Å². The van der Waals surface area contributed by atoms with Crippen LogP contribution in [0.1, 0.15) is 46.0 Å². The molecule has 2 N–H and O–H groups in total. The molecule has 31 heavy (non-hydrogen) atoms. The number of halogens is 3. The van der Waals surface area contributed by atoms with Gasteiger partial charge >= 0.3 is 6.18 Å². The molecule has 0 unspecified atom stereocenters. The molecule has 2 aromatic carbocycles. The predicted octanol–water partition coefficient (Wildman–Crippen LogP) is 3.68. The Balaban J connectivity index is 1.64. The lowest BCUT2D eigenvalue weighted by Gasteiger charge is -2.16. The third-order valence-corrected chi connectivity index (χ3v) is 4.60. The number of hydrogen-bond acceptors (Lipinski definition) is 4. The molecule has 1 aliphatic rings. The van der Waals surface area contributed by atoms with Gasteiger partial charge in [0.25, 0.3) is 11.8 Å². The molecule has 0 atom stereocenters. The van der Waals surface area contributed by atoms with Crippen LogP contribution in [0.25, 0.3) is 0 Å². The number of benzene rings is 2. The van der Waals surface area contributed by atoms with Crippen LogP contribution in [0, 0.1) is 0 Å². The maximum Gasteiger partial charge on any atom is 0.416 e. The van der Waals surface area contributed by atoms with Gasteiger partial charge in [-0.15, -0.1) is 0 Å². The van der Waals surface area contributed by atoms with E-state index in [1.807, 2.05) is 0 Å². The van der Waals surface area contributed by atoms with Gasteiger partial charge in [-0.1, -0.05) is 12.1 Å². The van der Waals surface area contributed by atoms with Crippen molar-refractivity contribution in [2.75, 3.05) is 17.2 Å². The highest BCUT2D eigenvalue weighted by molar-refractivity contribution is 6.21. The van der Waals surface area contributed by atoms with Gasteiger partial charge in [-0.25, -0.2) is 0 Å². The van der Waals surface area contributed by atoms with Gasteiger partial charge in [-0.3, -0.25) is 24.1 Å². The maximum absolute atomic E-state index is 13.0. The highest BCUT2D eigenvalue weighted by Crippen LogP contribution is 2.34. The summed E-state index contributed by atoms with van der Waals surface area (Å²) in [6, 6.07) is 8.94. The summed E-state index contributed by atoms with van der Waals surface area (Å²) in [4.78, 5) is 49.2. The Morgan fingerprint density at radius 1 is 0.935 bits per heavy atom. The lowest BCUT2D eigenvalue weighted by atomic mass is 10.1. The van der Waals surface area contributed by atoms with Crippen LogP contribution < -0.4 is 10.6 Å². The first-order valence-electron chi connectivity index (χ1n) is 9.32. The maximum atomic E-state index is 13.0. The quantitative estimate of drug-likeness (QED) is 0.680. The number of rotatable bonds is 6. The summed E-state index contributed by atoms with van der Waals surface area (Å²) in [5, 5.41) is 4.71. The molecule has 2 aromatic rings. The summed E-state index contributed by atoms with van der Waals surface area (Å²) in [6.07, 6.45) is -4.66. The SMILES string of the molecule is CC(=O)Nc1ccc(C(F)(F)F)cc1NC(=O)CCCN1C(=O)c2ccccc2C1=O. The Hall–Kier alpha value is -3.69. The van der Waals surface area contributed by atoms with Crippen LogP contribution in [-0.4, -0.2) is 35.1 Å². The van der Waals surface area contributed by atoms with Gasteiger partial charge < -0.3 is 10.6 Å². The normalized spacial score (nSPS) is 13.2. The molecule has 1 aliphatic heterocycles. The topological polar surface area (TPSA) is 95.6 Å². The smallest absolute Gasteiger partial charge is 0.325 e. The largest absolute Gasteiger partial charge is 0.416 e. The average Bonchev–Trinajstić information content (AvgIpc) is 2.93. The van der Waals surface area contributed by atoms with Gasteiger partial charge in [-0.2, -0.15) is 13.2 Å². The minimum Gasteiger partial charge on any atom is -0.325 e. The summed E-state index contributed by atoms with van der Waals surface area (Å²) >= 11 is 0. The number of alkyl halides is 3. The number of carbonyl (C=O) groups excluding carboxylic acids is 4. The lowest BCUT2D eigenvalue weighted by molar-refractivity contribution is -0.137. The van der Waals surface area contributed by atoms with Crippen molar-refractivity contribution < 1.29 is 32.3 Å². The molecule has 7 nitrogen and oxygen atoms in total. The first-order chi connectivity index (χ1) is 14.6. The molecule has 162 valence electrons. The number of imide groups is 1. The monoisotopic (exact) mass is 433 g/mol. The van der Waals surface area contributed by atoms with Gasteiger partial charge in [0, 0.05) is 19.9 Å². The molecule has 0 bridgehead atoms. The Morgan fingerprint density at radius 2 is 1.55 bits per heavy atom. The molecule has 0 radical (unpaired) electrons. The molecule has 4 amide bonds. The van der Waals surface area contributed by atoms with Crippen molar-refractivity contribution in [3.05, 3.63) is 59.2 Å². The van der Waals surface area contributed by atoms with Crippen LogP contribution in [0.3, 0.4) is 0 Å². The summed E-state index contributed by atoms with van der Waals surface area (Å²) in [5.41, 5.74) is -0.574. The lowest BCUT2D eigenvalue weighted by Crippen LogP contribution is -2.31.